The van der Waals surface area contributed by atoms with Crippen LogP contribution in [0.15, 0.2) is 12.2 Å². The van der Waals surface area contributed by atoms with Crippen LogP contribution in [0.1, 0.15) is 6.92 Å². The fourth-order valence-corrected chi connectivity index (χ4v) is 4.45. The number of hydrogen-bond donors (Lipinski definition) is 0. The molecule has 0 amide bonds. The Hall–Kier alpha value is -3.52. The van der Waals surface area contributed by atoms with E-state index in [1.807, 2.05) is 0 Å². The predicted molar refractivity (Wildman–Crippen MR) is 119 cm³/mol. The summed E-state index contributed by atoms with van der Waals surface area (Å²) in [7, 11) is 0. The van der Waals surface area contributed by atoms with Crippen LogP contribution in [0.2, 0.25) is 0 Å². The van der Waals surface area contributed by atoms with Gasteiger partial charge in [-0.15, -0.1) is 0 Å². The Kier molecular flexibility index (Phi) is 12.8. The number of rotatable bonds is 14. The maximum Gasteiger partial charge on any atom is 0.473 e. The molecule has 1 rings (SSSR count). The molecule has 0 heterocycles. The molecule has 0 N–H and O–H groups in total. The Balaban J connectivity index is 4.42. The van der Waals surface area contributed by atoms with E-state index in [4.69, 9.17) is 0 Å². The van der Waals surface area contributed by atoms with Crippen LogP contribution in [0.4, 0.5) is 171 Å². The number of ether oxygens (including phenoxy) is 1. The average Bonchev–Trinajstić information content (AvgIpc) is 3.08. The molecule has 386 valence electrons. The van der Waals surface area contributed by atoms with E-state index in [0.717, 1.165) is 0 Å². The molecule has 1 fully saturated rings. The van der Waals surface area contributed by atoms with Gasteiger partial charge in [-0.25, -0.2) is 9.18 Å². The van der Waals surface area contributed by atoms with Gasteiger partial charge in [0.1, 0.15) is 0 Å². The highest BCUT2D eigenvalue weighted by atomic mass is 19.4. The number of halogens is 39. The van der Waals surface area contributed by atoms with E-state index in [2.05, 4.69) is 11.3 Å². The van der Waals surface area contributed by atoms with Gasteiger partial charge >= 0.3 is 124 Å². The molecule has 0 bridgehead atoms. The number of carbonyl (C=O) groups excluding carboxylic acids is 1. The maximum atomic E-state index is 15.1. The lowest BCUT2D eigenvalue weighted by Gasteiger charge is -2.54. The molecule has 1 saturated carbocycles. The van der Waals surface area contributed by atoms with Crippen LogP contribution in [0.5, 0.6) is 0 Å². The molecule has 0 saturated heterocycles. The van der Waals surface area contributed by atoms with Crippen molar-refractivity contribution < 1.29 is 181 Å². The second kappa shape index (κ2) is 14.0. The first kappa shape index (κ1) is 59.5. The van der Waals surface area contributed by atoms with Gasteiger partial charge < -0.3 is 4.74 Å². The highest BCUT2D eigenvalue weighted by Crippen LogP contribution is 2.76. The molecule has 2 nitrogen and oxygen atoms in total. The Morgan fingerprint density at radius 1 is 0.323 bits per heavy atom. The molecular weight excluding hydrogens is 1060 g/mol. The van der Waals surface area contributed by atoms with E-state index in [9.17, 15) is 172 Å². The van der Waals surface area contributed by atoms with Gasteiger partial charge in [0.2, 0.25) is 0 Å². The van der Waals surface area contributed by atoms with Crippen molar-refractivity contribution in [2.45, 2.75) is 125 Å². The van der Waals surface area contributed by atoms with Crippen LogP contribution in [0.3, 0.4) is 0 Å². The Labute approximate surface area is 325 Å². The Morgan fingerprint density at radius 3 is 0.692 bits per heavy atom. The Bertz CT molecular complexity index is 1820. The number of carbonyl (C=O) groups is 1. The highest BCUT2D eigenvalue weighted by molar-refractivity contribution is 5.87. The van der Waals surface area contributed by atoms with Crippen molar-refractivity contribution in [3.05, 3.63) is 12.2 Å². The van der Waals surface area contributed by atoms with E-state index >= 15 is 4.39 Å². The van der Waals surface area contributed by atoms with Crippen molar-refractivity contribution in [1.29, 1.82) is 0 Å². The second-order valence-corrected chi connectivity index (χ2v) is 12.7. The molecule has 0 aliphatic heterocycles. The van der Waals surface area contributed by atoms with Gasteiger partial charge in [0, 0.05) is 5.57 Å². The highest BCUT2D eigenvalue weighted by Gasteiger charge is 3.09. The van der Waals surface area contributed by atoms with E-state index in [1.165, 1.54) is 0 Å². The third kappa shape index (κ3) is 6.01. The number of esters is 1. The van der Waals surface area contributed by atoms with Crippen molar-refractivity contribution in [1.82, 2.24) is 0 Å². The first-order valence-electron chi connectivity index (χ1n) is 14.1. The normalized spacial score (nSPS) is 23.3. The van der Waals surface area contributed by atoms with Crippen molar-refractivity contribution in [2.75, 3.05) is 0 Å². The summed E-state index contributed by atoms with van der Waals surface area (Å²) in [5.41, 5.74) is -12.8. The minimum Gasteiger partial charge on any atom is -0.393 e. The van der Waals surface area contributed by atoms with Crippen molar-refractivity contribution >= 4 is 5.97 Å². The third-order valence-electron chi connectivity index (χ3n) is 8.54. The molecule has 1 aliphatic rings. The molecular formula is C24H5F39O2. The summed E-state index contributed by atoms with van der Waals surface area (Å²) in [5.74, 6) is -187. The molecule has 0 aromatic rings. The molecule has 41 heteroatoms. The van der Waals surface area contributed by atoms with Crippen molar-refractivity contribution in [3.8, 4) is 0 Å². The zero-order valence-corrected chi connectivity index (χ0v) is 28.3. The first-order chi connectivity index (χ1) is 27.3. The summed E-state index contributed by atoms with van der Waals surface area (Å²) in [6.07, 6.45) is -7.95. The van der Waals surface area contributed by atoms with Crippen LogP contribution in [-0.2, 0) is 9.53 Å². The monoisotopic (exact) mass is 1070 g/mol. The predicted octanol–water partition coefficient (Wildman–Crippen LogP) is 12.9. The molecule has 0 atom stereocenters. The SMILES string of the molecule is C=C(C)C(=O)OC(F)(F)C(F)(F)C(F)(F)C(F)(F)C(F)(F)C(F)(F)C(F)(F)C(F)(F)C(F)(F)C(F)(F)C(F)(F)C(F)(F)C1(F)C(F)(F)C(F)(F)C(F)(F)C(F)(F)C(F)(F)C(F)(F)C1(F)F. The van der Waals surface area contributed by atoms with E-state index in [-0.39, 0.29) is 6.92 Å². The fourth-order valence-electron chi connectivity index (χ4n) is 4.45. The molecule has 0 unspecified atom stereocenters. The average molecular weight is 1070 g/mol. The molecule has 1 aliphatic carbocycles. The number of alkyl halides is 39. The van der Waals surface area contributed by atoms with E-state index in [0.29, 0.717) is 0 Å². The van der Waals surface area contributed by atoms with Gasteiger partial charge in [-0.05, 0) is 6.92 Å². The smallest absolute Gasteiger partial charge is 0.393 e. The lowest BCUT2D eigenvalue weighted by Crippen LogP contribution is -2.89. The van der Waals surface area contributed by atoms with E-state index < -0.39 is 130 Å². The zero-order chi connectivity index (χ0) is 53.9. The lowest BCUT2D eigenvalue weighted by molar-refractivity contribution is -0.524. The van der Waals surface area contributed by atoms with Crippen molar-refractivity contribution in [2.24, 2.45) is 0 Å². The summed E-state index contributed by atoms with van der Waals surface area (Å²) in [6, 6.07) is 0. The quantitative estimate of drug-likeness (QED) is 0.0984. The Morgan fingerprint density at radius 2 is 0.492 bits per heavy atom. The fraction of sp³-hybridized carbons (Fsp3) is 0.875. The van der Waals surface area contributed by atoms with Gasteiger partial charge in [-0.3, -0.25) is 0 Å². The molecule has 65 heavy (non-hydrogen) atoms. The minimum absolute atomic E-state index is 0.0258. The molecule has 0 aromatic heterocycles. The third-order valence-corrected chi connectivity index (χ3v) is 8.54. The molecule has 0 radical (unpaired) electrons. The van der Waals surface area contributed by atoms with Crippen LogP contribution < -0.4 is 0 Å². The molecule has 0 aromatic carbocycles. The van der Waals surface area contributed by atoms with Crippen LogP contribution in [-0.4, -0.2) is 124 Å². The summed E-state index contributed by atoms with van der Waals surface area (Å²) in [5, 5.41) is 0. The number of hydrogen-bond acceptors (Lipinski definition) is 2. The summed E-state index contributed by atoms with van der Waals surface area (Å²) in [6.45, 7) is 2.23. The van der Waals surface area contributed by atoms with Gasteiger partial charge in [0.25, 0.3) is 0 Å². The van der Waals surface area contributed by atoms with Gasteiger partial charge in [0.05, 0.1) is 0 Å². The maximum absolute atomic E-state index is 15.1. The molecule has 0 spiro atoms. The van der Waals surface area contributed by atoms with Gasteiger partial charge in [0.15, 0.2) is 0 Å². The van der Waals surface area contributed by atoms with Crippen LogP contribution >= 0.6 is 0 Å². The van der Waals surface area contributed by atoms with Crippen LogP contribution in [0, 0.1) is 0 Å². The largest absolute Gasteiger partial charge is 0.473 e. The second-order valence-electron chi connectivity index (χ2n) is 12.7. The van der Waals surface area contributed by atoms with E-state index in [1.54, 1.807) is 0 Å². The summed E-state index contributed by atoms with van der Waals surface area (Å²) in [4.78, 5) is 10.9. The minimum atomic E-state index is -11.1. The zero-order valence-electron chi connectivity index (χ0n) is 28.3. The lowest BCUT2D eigenvalue weighted by atomic mass is 9.68. The van der Waals surface area contributed by atoms with Gasteiger partial charge in [-0.1, -0.05) is 6.58 Å². The summed E-state index contributed by atoms with van der Waals surface area (Å²) < 4.78 is 550. The van der Waals surface area contributed by atoms with Crippen molar-refractivity contribution in [3.63, 3.8) is 0 Å². The van der Waals surface area contributed by atoms with Gasteiger partial charge in [-0.2, -0.15) is 167 Å². The topological polar surface area (TPSA) is 26.3 Å². The summed E-state index contributed by atoms with van der Waals surface area (Å²) >= 11 is 0. The standard InChI is InChI=1S/C24H5F39O2/c1-3(2)4(64)65-24(62,63)23(60,61)22(58,59)21(56,57)20(54,55)19(52,53)18(50,51)17(48,49)16(46,47)14(42,43)11(36,37)8(30,31)5(25)6(26,27)9(32,33)12(38,39)15(44,45)13(40,41)10(34,35)7(5,28)29/h1H2,2H3. The first-order valence-corrected chi connectivity index (χ1v) is 14.1. The van der Waals surface area contributed by atoms with Crippen LogP contribution in [0.25, 0.3) is 0 Å².